The van der Waals surface area contributed by atoms with Gasteiger partial charge in [-0.25, -0.2) is 0 Å². The molecule has 0 bridgehead atoms. The number of carbonyl (C=O) groups excluding carboxylic acids is 1. The molecule has 1 aliphatic rings. The van der Waals surface area contributed by atoms with Crippen LogP contribution < -0.4 is 4.90 Å². The van der Waals surface area contributed by atoms with E-state index in [2.05, 4.69) is 0 Å². The number of hydrogen-bond donors (Lipinski definition) is 0. The van der Waals surface area contributed by atoms with Crippen LogP contribution in [0.1, 0.15) is 10.4 Å². The number of benzene rings is 1. The maximum absolute atomic E-state index is 11.8. The van der Waals surface area contributed by atoms with E-state index in [-0.39, 0.29) is 5.91 Å². The summed E-state index contributed by atoms with van der Waals surface area (Å²) in [7, 11) is 3.69. The second kappa shape index (κ2) is 3.18. The Balaban J connectivity index is 2.59. The molecule has 72 valence electrons. The van der Waals surface area contributed by atoms with E-state index in [1.165, 1.54) is 0 Å². The molecular formula is C11H12N2O. The molecule has 0 saturated heterocycles. The minimum Gasteiger partial charge on any atom is -0.349 e. The highest BCUT2D eigenvalue weighted by atomic mass is 16.2. The monoisotopic (exact) mass is 188 g/mol. The van der Waals surface area contributed by atoms with Crippen molar-refractivity contribution in [1.29, 1.82) is 0 Å². The second-order valence-electron chi connectivity index (χ2n) is 3.34. The molecule has 3 heteroatoms. The van der Waals surface area contributed by atoms with E-state index in [0.29, 0.717) is 0 Å². The van der Waals surface area contributed by atoms with Gasteiger partial charge in [0.15, 0.2) is 0 Å². The molecule has 0 aromatic heterocycles. The Bertz CT molecular complexity index is 398. The Morgan fingerprint density at radius 1 is 1.00 bits per heavy atom. The van der Waals surface area contributed by atoms with Gasteiger partial charge < -0.3 is 9.80 Å². The number of para-hydroxylation sites is 1. The van der Waals surface area contributed by atoms with Crippen molar-refractivity contribution in [3.63, 3.8) is 0 Å². The van der Waals surface area contributed by atoms with Crippen LogP contribution in [-0.2, 0) is 0 Å². The average Bonchev–Trinajstić information content (AvgIpc) is 2.33. The van der Waals surface area contributed by atoms with Gasteiger partial charge in [-0.15, -0.1) is 0 Å². The first kappa shape index (κ1) is 8.81. The van der Waals surface area contributed by atoms with Gasteiger partial charge in [-0.05, 0) is 12.1 Å². The number of hydrogen-bond acceptors (Lipinski definition) is 2. The predicted octanol–water partition coefficient (Wildman–Crippen LogP) is 1.68. The van der Waals surface area contributed by atoms with Crippen LogP contribution >= 0.6 is 0 Å². The number of anilines is 1. The van der Waals surface area contributed by atoms with Gasteiger partial charge in [0.25, 0.3) is 5.91 Å². The van der Waals surface area contributed by atoms with Gasteiger partial charge in [0.05, 0.1) is 11.3 Å². The third-order valence-corrected chi connectivity index (χ3v) is 2.35. The number of rotatable bonds is 0. The highest BCUT2D eigenvalue weighted by molar-refractivity contribution is 6.01. The summed E-state index contributed by atoms with van der Waals surface area (Å²) in [4.78, 5) is 15.4. The first-order valence-corrected chi connectivity index (χ1v) is 4.47. The van der Waals surface area contributed by atoms with Gasteiger partial charge in [-0.1, -0.05) is 12.1 Å². The molecule has 0 saturated carbocycles. The summed E-state index contributed by atoms with van der Waals surface area (Å²) in [6.45, 7) is 0. The van der Waals surface area contributed by atoms with Crippen LogP contribution in [0.2, 0.25) is 0 Å². The molecule has 0 spiro atoms. The van der Waals surface area contributed by atoms with E-state index < -0.39 is 0 Å². The lowest BCUT2D eigenvalue weighted by atomic mass is 10.1. The number of amides is 1. The van der Waals surface area contributed by atoms with Crippen molar-refractivity contribution in [2.45, 2.75) is 0 Å². The van der Waals surface area contributed by atoms with Gasteiger partial charge in [0.1, 0.15) is 0 Å². The fourth-order valence-electron chi connectivity index (χ4n) is 1.50. The van der Waals surface area contributed by atoms with Gasteiger partial charge in [0, 0.05) is 26.5 Å². The minimum atomic E-state index is 0.0289. The maximum atomic E-state index is 11.8. The molecule has 0 aliphatic carbocycles. The van der Waals surface area contributed by atoms with Crippen LogP contribution in [0.15, 0.2) is 36.7 Å². The molecule has 1 aromatic carbocycles. The maximum Gasteiger partial charge on any atom is 0.259 e. The molecule has 0 N–H and O–H groups in total. The van der Waals surface area contributed by atoms with E-state index in [9.17, 15) is 4.79 Å². The zero-order chi connectivity index (χ0) is 10.1. The van der Waals surface area contributed by atoms with E-state index in [0.717, 1.165) is 11.3 Å². The first-order chi connectivity index (χ1) is 6.70. The highest BCUT2D eigenvalue weighted by Gasteiger charge is 2.18. The lowest BCUT2D eigenvalue weighted by Crippen LogP contribution is -2.19. The number of nitrogens with zero attached hydrogens (tertiary/aromatic N) is 2. The molecule has 0 radical (unpaired) electrons. The van der Waals surface area contributed by atoms with Crippen molar-refractivity contribution in [3.05, 3.63) is 42.2 Å². The van der Waals surface area contributed by atoms with Crippen molar-refractivity contribution in [2.75, 3.05) is 19.0 Å². The van der Waals surface area contributed by atoms with Crippen LogP contribution in [0, 0.1) is 0 Å². The topological polar surface area (TPSA) is 23.6 Å². The van der Waals surface area contributed by atoms with E-state index in [1.807, 2.05) is 42.4 Å². The largest absolute Gasteiger partial charge is 0.349 e. The van der Waals surface area contributed by atoms with Gasteiger partial charge in [-0.3, -0.25) is 4.79 Å². The SMILES string of the molecule is CN1C=CN(C)c2ccccc2C1=O. The average molecular weight is 188 g/mol. The molecule has 0 fully saturated rings. The highest BCUT2D eigenvalue weighted by Crippen LogP contribution is 2.23. The van der Waals surface area contributed by atoms with Crippen molar-refractivity contribution in [1.82, 2.24) is 4.90 Å². The Kier molecular flexibility index (Phi) is 2.00. The predicted molar refractivity (Wildman–Crippen MR) is 56.1 cm³/mol. The summed E-state index contributed by atoms with van der Waals surface area (Å²) in [5.74, 6) is 0.0289. The minimum absolute atomic E-state index is 0.0289. The lowest BCUT2D eigenvalue weighted by Gasteiger charge is -2.14. The summed E-state index contributed by atoms with van der Waals surface area (Å²) < 4.78 is 0. The number of carbonyl (C=O) groups is 1. The smallest absolute Gasteiger partial charge is 0.259 e. The molecule has 3 nitrogen and oxygen atoms in total. The Hall–Kier alpha value is -1.77. The van der Waals surface area contributed by atoms with Crippen molar-refractivity contribution >= 4 is 11.6 Å². The second-order valence-corrected chi connectivity index (χ2v) is 3.34. The van der Waals surface area contributed by atoms with Crippen LogP contribution in [0.5, 0.6) is 0 Å². The summed E-state index contributed by atoms with van der Waals surface area (Å²) in [6.07, 6.45) is 3.64. The molecule has 1 aromatic rings. The van der Waals surface area contributed by atoms with Gasteiger partial charge in [-0.2, -0.15) is 0 Å². The lowest BCUT2D eigenvalue weighted by molar-refractivity contribution is 0.0852. The fourth-order valence-corrected chi connectivity index (χ4v) is 1.50. The molecule has 0 atom stereocenters. The van der Waals surface area contributed by atoms with Crippen LogP contribution in [0.25, 0.3) is 0 Å². The molecular weight excluding hydrogens is 176 g/mol. The van der Waals surface area contributed by atoms with Crippen LogP contribution in [-0.4, -0.2) is 24.9 Å². The van der Waals surface area contributed by atoms with Crippen LogP contribution in [0.3, 0.4) is 0 Å². The standard InChI is InChI=1S/C11H12N2O/c1-12-7-8-13(2)11(14)9-5-3-4-6-10(9)12/h3-8H,1-2H3. The fraction of sp³-hybridized carbons (Fsp3) is 0.182. The first-order valence-electron chi connectivity index (χ1n) is 4.47. The molecule has 0 unspecified atom stereocenters. The third-order valence-electron chi connectivity index (χ3n) is 2.35. The Labute approximate surface area is 83.2 Å². The molecule has 1 heterocycles. The summed E-state index contributed by atoms with van der Waals surface area (Å²) in [5.41, 5.74) is 1.68. The van der Waals surface area contributed by atoms with Gasteiger partial charge >= 0.3 is 0 Å². The van der Waals surface area contributed by atoms with Crippen molar-refractivity contribution in [2.24, 2.45) is 0 Å². The van der Waals surface area contributed by atoms with Crippen molar-refractivity contribution in [3.8, 4) is 0 Å². The number of fused-ring (bicyclic) bond motifs is 1. The normalized spacial score (nSPS) is 15.4. The van der Waals surface area contributed by atoms with E-state index >= 15 is 0 Å². The zero-order valence-corrected chi connectivity index (χ0v) is 8.27. The third kappa shape index (κ3) is 1.27. The van der Waals surface area contributed by atoms with Crippen LogP contribution in [0.4, 0.5) is 5.69 Å². The molecule has 2 rings (SSSR count). The quantitative estimate of drug-likeness (QED) is 0.618. The molecule has 1 aliphatic heterocycles. The molecule has 14 heavy (non-hydrogen) atoms. The van der Waals surface area contributed by atoms with E-state index in [1.54, 1.807) is 18.1 Å². The van der Waals surface area contributed by atoms with Crippen molar-refractivity contribution < 1.29 is 4.79 Å². The summed E-state index contributed by atoms with van der Waals surface area (Å²) >= 11 is 0. The summed E-state index contributed by atoms with van der Waals surface area (Å²) in [6, 6.07) is 7.60. The summed E-state index contributed by atoms with van der Waals surface area (Å²) in [5, 5.41) is 0. The Morgan fingerprint density at radius 3 is 2.43 bits per heavy atom. The zero-order valence-electron chi connectivity index (χ0n) is 8.27. The van der Waals surface area contributed by atoms with Gasteiger partial charge in [0.2, 0.25) is 0 Å². The van der Waals surface area contributed by atoms with E-state index in [4.69, 9.17) is 0 Å². The molecule has 1 amide bonds. The Morgan fingerprint density at radius 2 is 1.64 bits per heavy atom.